The van der Waals surface area contributed by atoms with Gasteiger partial charge in [-0.3, -0.25) is 0 Å². The number of nitrogens with zero attached hydrogens (tertiary/aromatic N) is 2. The molecule has 2 N–H and O–H groups in total. The Balaban J connectivity index is 1.74. The van der Waals surface area contributed by atoms with Gasteiger partial charge in [0.25, 0.3) is 0 Å². The topological polar surface area (TPSA) is 74.2 Å². The molecule has 1 heterocycles. The van der Waals surface area contributed by atoms with Crippen LogP contribution in [-0.4, -0.2) is 23.3 Å². The van der Waals surface area contributed by atoms with Crippen molar-refractivity contribution in [2.24, 2.45) is 17.6 Å². The summed E-state index contributed by atoms with van der Waals surface area (Å²) in [6.45, 7) is 3.42. The molecular weight excluding hydrogens is 254 g/mol. The minimum absolute atomic E-state index is 0.0254. The molecule has 0 amide bonds. The Hall–Kier alpha value is -0.940. The molecule has 0 aromatic carbocycles. The van der Waals surface area contributed by atoms with Crippen LogP contribution in [0.2, 0.25) is 0 Å². The number of nitrogens with two attached hydrogens (primary N) is 1. The van der Waals surface area contributed by atoms with Gasteiger partial charge in [-0.2, -0.15) is 4.98 Å². The van der Waals surface area contributed by atoms with Crippen molar-refractivity contribution in [3.8, 4) is 0 Å². The first-order chi connectivity index (χ1) is 9.83. The normalized spacial score (nSPS) is 28.5. The van der Waals surface area contributed by atoms with Gasteiger partial charge in [0.1, 0.15) is 6.10 Å². The predicted molar refractivity (Wildman–Crippen MR) is 75.1 cm³/mol. The van der Waals surface area contributed by atoms with Crippen molar-refractivity contribution in [3.05, 3.63) is 11.7 Å². The molecule has 2 fully saturated rings. The molecule has 2 aliphatic carbocycles. The van der Waals surface area contributed by atoms with Crippen molar-refractivity contribution >= 4 is 0 Å². The molecule has 1 aromatic heterocycles. The first-order valence-corrected chi connectivity index (χ1v) is 7.98. The van der Waals surface area contributed by atoms with E-state index >= 15 is 0 Å². The SMILES string of the molecule is CCOC(c1noc(C2CCCCC2CN)n1)C1CC1. The molecule has 5 nitrogen and oxygen atoms in total. The summed E-state index contributed by atoms with van der Waals surface area (Å²) < 4.78 is 11.3. The summed E-state index contributed by atoms with van der Waals surface area (Å²) in [6, 6.07) is 0. The molecule has 3 rings (SSSR count). The Labute approximate surface area is 120 Å². The zero-order valence-corrected chi connectivity index (χ0v) is 12.3. The minimum atomic E-state index is 0.0254. The van der Waals surface area contributed by atoms with Crippen LogP contribution in [-0.2, 0) is 4.74 Å². The van der Waals surface area contributed by atoms with Crippen LogP contribution >= 0.6 is 0 Å². The lowest BCUT2D eigenvalue weighted by atomic mass is 9.79. The fourth-order valence-corrected chi connectivity index (χ4v) is 3.33. The molecule has 3 unspecified atom stereocenters. The molecule has 2 aliphatic rings. The van der Waals surface area contributed by atoms with Crippen molar-refractivity contribution in [3.63, 3.8) is 0 Å². The van der Waals surface area contributed by atoms with E-state index in [0.29, 0.717) is 30.9 Å². The summed E-state index contributed by atoms with van der Waals surface area (Å²) in [5, 5.41) is 4.19. The second kappa shape index (κ2) is 6.22. The molecule has 0 aliphatic heterocycles. The van der Waals surface area contributed by atoms with E-state index in [1.54, 1.807) is 0 Å². The molecule has 5 heteroatoms. The zero-order valence-electron chi connectivity index (χ0n) is 12.3. The van der Waals surface area contributed by atoms with E-state index in [0.717, 1.165) is 18.1 Å². The molecular formula is C15H25N3O2. The van der Waals surface area contributed by atoms with Crippen molar-refractivity contribution in [2.45, 2.75) is 57.5 Å². The highest BCUT2D eigenvalue weighted by molar-refractivity contribution is 5.03. The first-order valence-electron chi connectivity index (χ1n) is 7.98. The Kier molecular flexibility index (Phi) is 4.36. The van der Waals surface area contributed by atoms with Gasteiger partial charge in [0.05, 0.1) is 0 Å². The molecule has 0 spiro atoms. The molecule has 2 saturated carbocycles. The van der Waals surface area contributed by atoms with Gasteiger partial charge in [-0.25, -0.2) is 0 Å². The van der Waals surface area contributed by atoms with E-state index in [1.165, 1.54) is 32.1 Å². The quantitative estimate of drug-likeness (QED) is 0.866. The Bertz CT molecular complexity index is 431. The van der Waals surface area contributed by atoms with Gasteiger partial charge >= 0.3 is 0 Å². The van der Waals surface area contributed by atoms with Crippen molar-refractivity contribution in [1.29, 1.82) is 0 Å². The average molecular weight is 279 g/mol. The second-order valence-corrected chi connectivity index (χ2v) is 6.09. The zero-order chi connectivity index (χ0) is 13.9. The van der Waals surface area contributed by atoms with E-state index in [1.807, 2.05) is 6.92 Å². The maximum Gasteiger partial charge on any atom is 0.230 e. The third-order valence-electron chi connectivity index (χ3n) is 4.64. The number of aromatic nitrogens is 2. The monoisotopic (exact) mass is 279 g/mol. The van der Waals surface area contributed by atoms with Gasteiger partial charge in [0, 0.05) is 12.5 Å². The number of hydrogen-bond donors (Lipinski definition) is 1. The number of ether oxygens (including phenoxy) is 1. The van der Waals surface area contributed by atoms with Crippen LogP contribution in [0.3, 0.4) is 0 Å². The second-order valence-electron chi connectivity index (χ2n) is 6.09. The summed E-state index contributed by atoms with van der Waals surface area (Å²) in [4.78, 5) is 4.65. The van der Waals surface area contributed by atoms with Crippen LogP contribution in [0.1, 0.15) is 69.2 Å². The Morgan fingerprint density at radius 2 is 2.10 bits per heavy atom. The largest absolute Gasteiger partial charge is 0.370 e. The van der Waals surface area contributed by atoms with Crippen LogP contribution in [0.5, 0.6) is 0 Å². The fourth-order valence-electron chi connectivity index (χ4n) is 3.33. The molecule has 0 radical (unpaired) electrons. The van der Waals surface area contributed by atoms with Gasteiger partial charge in [-0.05, 0) is 51.0 Å². The van der Waals surface area contributed by atoms with Crippen LogP contribution in [0.4, 0.5) is 0 Å². The third-order valence-corrected chi connectivity index (χ3v) is 4.64. The Morgan fingerprint density at radius 1 is 1.30 bits per heavy atom. The fraction of sp³-hybridized carbons (Fsp3) is 0.867. The summed E-state index contributed by atoms with van der Waals surface area (Å²) in [5.41, 5.74) is 5.89. The maximum absolute atomic E-state index is 5.89. The molecule has 20 heavy (non-hydrogen) atoms. The smallest absolute Gasteiger partial charge is 0.230 e. The average Bonchev–Trinajstić information content (AvgIpc) is 3.21. The Morgan fingerprint density at radius 3 is 2.80 bits per heavy atom. The van der Waals surface area contributed by atoms with E-state index < -0.39 is 0 Å². The maximum atomic E-state index is 5.89. The van der Waals surface area contributed by atoms with Crippen LogP contribution in [0, 0.1) is 11.8 Å². The minimum Gasteiger partial charge on any atom is -0.370 e. The molecule has 0 saturated heterocycles. The molecule has 1 aromatic rings. The molecule has 0 bridgehead atoms. The predicted octanol–water partition coefficient (Wildman–Crippen LogP) is 2.79. The van der Waals surface area contributed by atoms with Crippen LogP contribution < -0.4 is 5.73 Å². The van der Waals surface area contributed by atoms with Crippen molar-refractivity contribution in [1.82, 2.24) is 10.1 Å². The van der Waals surface area contributed by atoms with Crippen molar-refractivity contribution < 1.29 is 9.26 Å². The van der Waals surface area contributed by atoms with Gasteiger partial charge in [0.15, 0.2) is 0 Å². The summed E-state index contributed by atoms with van der Waals surface area (Å²) >= 11 is 0. The summed E-state index contributed by atoms with van der Waals surface area (Å²) in [5.74, 6) is 2.93. The lowest BCUT2D eigenvalue weighted by Crippen LogP contribution is -2.25. The van der Waals surface area contributed by atoms with Gasteiger partial charge < -0.3 is 15.0 Å². The van der Waals surface area contributed by atoms with Crippen LogP contribution in [0.25, 0.3) is 0 Å². The van der Waals surface area contributed by atoms with Crippen LogP contribution in [0.15, 0.2) is 4.52 Å². The van der Waals surface area contributed by atoms with Gasteiger partial charge in [-0.15, -0.1) is 0 Å². The summed E-state index contributed by atoms with van der Waals surface area (Å²) in [6.07, 6.45) is 7.24. The highest BCUT2D eigenvalue weighted by atomic mass is 16.5. The molecule has 3 atom stereocenters. The summed E-state index contributed by atoms with van der Waals surface area (Å²) in [7, 11) is 0. The molecule has 112 valence electrons. The van der Waals surface area contributed by atoms with E-state index in [-0.39, 0.29) is 6.10 Å². The van der Waals surface area contributed by atoms with E-state index in [4.69, 9.17) is 15.0 Å². The van der Waals surface area contributed by atoms with E-state index in [2.05, 4.69) is 10.1 Å². The van der Waals surface area contributed by atoms with E-state index in [9.17, 15) is 0 Å². The standard InChI is InChI=1S/C15H25N3O2/c1-2-19-13(10-7-8-10)14-17-15(20-18-14)12-6-4-3-5-11(12)9-16/h10-13H,2-9,16H2,1H3. The number of rotatable bonds is 6. The lowest BCUT2D eigenvalue weighted by Gasteiger charge is -2.27. The number of hydrogen-bond acceptors (Lipinski definition) is 5. The first kappa shape index (κ1) is 14.0. The lowest BCUT2D eigenvalue weighted by molar-refractivity contribution is 0.0384. The highest BCUT2D eigenvalue weighted by Crippen LogP contribution is 2.43. The van der Waals surface area contributed by atoms with Crippen molar-refractivity contribution in [2.75, 3.05) is 13.2 Å². The third kappa shape index (κ3) is 2.88. The van der Waals surface area contributed by atoms with Gasteiger partial charge in [-0.1, -0.05) is 18.0 Å². The van der Waals surface area contributed by atoms with Gasteiger partial charge in [0.2, 0.25) is 11.7 Å². The highest BCUT2D eigenvalue weighted by Gasteiger charge is 2.37.